The molecule has 0 heterocycles. The van der Waals surface area contributed by atoms with Gasteiger partial charge in [0.25, 0.3) is 5.91 Å². The van der Waals surface area contributed by atoms with Crippen LogP contribution in [0.4, 0.5) is 0 Å². The third kappa shape index (κ3) is 5.56. The fraction of sp³-hybridized carbons (Fsp3) is 0.222. The van der Waals surface area contributed by atoms with E-state index >= 15 is 0 Å². The first-order valence-electron chi connectivity index (χ1n) is 7.38. The van der Waals surface area contributed by atoms with Crippen molar-refractivity contribution in [2.75, 3.05) is 13.7 Å². The fourth-order valence-corrected chi connectivity index (χ4v) is 2.01. The minimum atomic E-state index is -0.170. The fourth-order valence-electron chi connectivity index (χ4n) is 2.01. The molecule has 2 N–H and O–H groups in total. The lowest BCUT2D eigenvalue weighted by Crippen LogP contribution is -2.27. The van der Waals surface area contributed by atoms with Crippen molar-refractivity contribution < 1.29 is 14.3 Å². The number of carbonyl (C=O) groups excluding carboxylic acids is 2. The third-order valence-corrected chi connectivity index (χ3v) is 3.28. The van der Waals surface area contributed by atoms with Gasteiger partial charge in [-0.15, -0.1) is 0 Å². The van der Waals surface area contributed by atoms with Crippen LogP contribution in [0.5, 0.6) is 0 Å². The van der Waals surface area contributed by atoms with Gasteiger partial charge in [-0.1, -0.05) is 42.5 Å². The molecule has 2 amide bonds. The molecule has 120 valence electrons. The molecule has 2 aromatic carbocycles. The molecule has 2 rings (SSSR count). The number of hydrogen-bond donors (Lipinski definition) is 2. The lowest BCUT2D eigenvalue weighted by molar-refractivity contribution is -0.126. The van der Waals surface area contributed by atoms with E-state index in [2.05, 4.69) is 10.6 Å². The molecule has 0 saturated heterocycles. The Balaban J connectivity index is 1.70. The second-order valence-electron chi connectivity index (χ2n) is 5.03. The number of nitrogens with one attached hydrogen (secondary N) is 2. The number of ether oxygens (including phenoxy) is 1. The van der Waals surface area contributed by atoms with Gasteiger partial charge in [0.05, 0.1) is 6.61 Å². The Morgan fingerprint density at radius 1 is 0.957 bits per heavy atom. The zero-order valence-corrected chi connectivity index (χ0v) is 13.0. The Kier molecular flexibility index (Phi) is 6.32. The number of benzene rings is 2. The number of amides is 2. The molecule has 0 fully saturated rings. The highest BCUT2D eigenvalue weighted by Gasteiger charge is 2.04. The van der Waals surface area contributed by atoms with Gasteiger partial charge in [0.1, 0.15) is 6.61 Å². The normalized spacial score (nSPS) is 10.1. The lowest BCUT2D eigenvalue weighted by Gasteiger charge is -2.07. The molecule has 0 aliphatic carbocycles. The van der Waals surface area contributed by atoms with Gasteiger partial charge in [0, 0.05) is 19.2 Å². The average molecular weight is 312 g/mol. The van der Waals surface area contributed by atoms with Crippen molar-refractivity contribution in [1.29, 1.82) is 0 Å². The quantitative estimate of drug-likeness (QED) is 0.820. The van der Waals surface area contributed by atoms with E-state index < -0.39 is 0 Å². The summed E-state index contributed by atoms with van der Waals surface area (Å²) in [5.41, 5.74) is 2.55. The molecule has 0 aromatic heterocycles. The molecular weight excluding hydrogens is 292 g/mol. The van der Waals surface area contributed by atoms with E-state index in [1.807, 2.05) is 42.5 Å². The molecule has 23 heavy (non-hydrogen) atoms. The topological polar surface area (TPSA) is 67.4 Å². The van der Waals surface area contributed by atoms with Crippen LogP contribution in [0.3, 0.4) is 0 Å². The molecule has 0 atom stereocenters. The van der Waals surface area contributed by atoms with Crippen LogP contribution in [0.25, 0.3) is 0 Å². The molecule has 0 spiro atoms. The first-order valence-corrected chi connectivity index (χ1v) is 7.38. The SMILES string of the molecule is CNC(=O)c1ccc(CNC(=O)COCc2ccccc2)cc1. The van der Waals surface area contributed by atoms with Crippen molar-refractivity contribution in [3.63, 3.8) is 0 Å². The highest BCUT2D eigenvalue weighted by Crippen LogP contribution is 2.04. The lowest BCUT2D eigenvalue weighted by atomic mass is 10.1. The van der Waals surface area contributed by atoms with Crippen LogP contribution >= 0.6 is 0 Å². The molecule has 5 nitrogen and oxygen atoms in total. The number of rotatable bonds is 7. The monoisotopic (exact) mass is 312 g/mol. The third-order valence-electron chi connectivity index (χ3n) is 3.28. The smallest absolute Gasteiger partial charge is 0.251 e. The molecule has 0 aliphatic heterocycles. The van der Waals surface area contributed by atoms with Gasteiger partial charge in [-0.2, -0.15) is 0 Å². The summed E-state index contributed by atoms with van der Waals surface area (Å²) in [6.07, 6.45) is 0. The van der Waals surface area contributed by atoms with Gasteiger partial charge in [-0.25, -0.2) is 0 Å². The van der Waals surface area contributed by atoms with Gasteiger partial charge in [0.2, 0.25) is 5.91 Å². The highest BCUT2D eigenvalue weighted by molar-refractivity contribution is 5.93. The number of carbonyl (C=O) groups is 2. The largest absolute Gasteiger partial charge is 0.367 e. The van der Waals surface area contributed by atoms with Crippen LogP contribution in [-0.4, -0.2) is 25.5 Å². The molecular formula is C18H20N2O3. The Hall–Kier alpha value is -2.66. The van der Waals surface area contributed by atoms with Crippen LogP contribution in [0.15, 0.2) is 54.6 Å². The van der Waals surface area contributed by atoms with Gasteiger partial charge < -0.3 is 15.4 Å². The molecule has 5 heteroatoms. The molecule has 0 unspecified atom stereocenters. The zero-order valence-electron chi connectivity index (χ0n) is 13.0. The van der Waals surface area contributed by atoms with Gasteiger partial charge in [-0.3, -0.25) is 9.59 Å². The molecule has 0 radical (unpaired) electrons. The Labute approximate surface area is 135 Å². The van der Waals surface area contributed by atoms with Crippen LogP contribution < -0.4 is 10.6 Å². The molecule has 0 saturated carbocycles. The minimum absolute atomic E-state index is 0.0191. The molecule has 0 aliphatic rings. The highest BCUT2D eigenvalue weighted by atomic mass is 16.5. The predicted molar refractivity (Wildman–Crippen MR) is 87.8 cm³/mol. The molecule has 0 bridgehead atoms. The van der Waals surface area contributed by atoms with Gasteiger partial charge >= 0.3 is 0 Å². The summed E-state index contributed by atoms with van der Waals surface area (Å²) in [7, 11) is 1.59. The first kappa shape index (κ1) is 16.7. The Morgan fingerprint density at radius 2 is 1.65 bits per heavy atom. The first-order chi connectivity index (χ1) is 11.2. The summed E-state index contributed by atoms with van der Waals surface area (Å²) in [4.78, 5) is 23.2. The van der Waals surface area contributed by atoms with E-state index in [0.29, 0.717) is 18.7 Å². The van der Waals surface area contributed by atoms with Crippen molar-refractivity contribution in [3.8, 4) is 0 Å². The van der Waals surface area contributed by atoms with E-state index in [1.54, 1.807) is 19.2 Å². The van der Waals surface area contributed by atoms with Crippen LogP contribution in [-0.2, 0) is 22.7 Å². The maximum Gasteiger partial charge on any atom is 0.251 e. The van der Waals surface area contributed by atoms with Gasteiger partial charge in [-0.05, 0) is 23.3 Å². The second-order valence-corrected chi connectivity index (χ2v) is 5.03. The summed E-state index contributed by atoms with van der Waals surface area (Å²) in [5.74, 6) is -0.300. The average Bonchev–Trinajstić information content (AvgIpc) is 2.60. The van der Waals surface area contributed by atoms with Gasteiger partial charge in [0.15, 0.2) is 0 Å². The maximum atomic E-state index is 11.7. The van der Waals surface area contributed by atoms with Crippen molar-refractivity contribution >= 4 is 11.8 Å². The molecule has 2 aromatic rings. The predicted octanol–water partition coefficient (Wildman–Crippen LogP) is 1.88. The standard InChI is InChI=1S/C18H20N2O3/c1-19-18(22)16-9-7-14(8-10-16)11-20-17(21)13-23-12-15-5-3-2-4-6-15/h2-10H,11-13H2,1H3,(H,19,22)(H,20,21). The summed E-state index contributed by atoms with van der Waals surface area (Å²) in [6, 6.07) is 16.8. The maximum absolute atomic E-state index is 11.7. The summed E-state index contributed by atoms with van der Waals surface area (Å²) < 4.78 is 5.37. The summed E-state index contributed by atoms with van der Waals surface area (Å²) in [6.45, 7) is 0.835. The van der Waals surface area contributed by atoms with Crippen molar-refractivity contribution in [3.05, 3.63) is 71.3 Å². The van der Waals surface area contributed by atoms with E-state index in [0.717, 1.165) is 11.1 Å². The Bertz CT molecular complexity index is 639. The number of hydrogen-bond acceptors (Lipinski definition) is 3. The van der Waals surface area contributed by atoms with E-state index in [4.69, 9.17) is 4.74 Å². The van der Waals surface area contributed by atoms with Crippen molar-refractivity contribution in [2.45, 2.75) is 13.2 Å². The van der Waals surface area contributed by atoms with Crippen molar-refractivity contribution in [1.82, 2.24) is 10.6 Å². The van der Waals surface area contributed by atoms with E-state index in [-0.39, 0.29) is 18.4 Å². The van der Waals surface area contributed by atoms with Crippen LogP contribution in [0.2, 0.25) is 0 Å². The summed E-state index contributed by atoms with van der Waals surface area (Å²) in [5, 5.41) is 5.35. The zero-order chi connectivity index (χ0) is 16.5. The minimum Gasteiger partial charge on any atom is -0.367 e. The van der Waals surface area contributed by atoms with Crippen LogP contribution in [0, 0.1) is 0 Å². The summed E-state index contributed by atoms with van der Waals surface area (Å²) >= 11 is 0. The van der Waals surface area contributed by atoms with Crippen LogP contribution in [0.1, 0.15) is 21.5 Å². The van der Waals surface area contributed by atoms with E-state index in [9.17, 15) is 9.59 Å². The Morgan fingerprint density at radius 3 is 2.30 bits per heavy atom. The van der Waals surface area contributed by atoms with Crippen molar-refractivity contribution in [2.24, 2.45) is 0 Å². The van der Waals surface area contributed by atoms with E-state index in [1.165, 1.54) is 0 Å². The second kappa shape index (κ2) is 8.70.